The predicted octanol–water partition coefficient (Wildman–Crippen LogP) is 4.21. The number of hydrogen-bond acceptors (Lipinski definition) is 2. The molecule has 0 unspecified atom stereocenters. The molecule has 3 aromatic rings. The number of hydrogen-bond donors (Lipinski definition) is 1. The quantitative estimate of drug-likeness (QED) is 0.771. The second-order valence-corrected chi connectivity index (χ2v) is 6.48. The van der Waals surface area contributed by atoms with Gasteiger partial charge < -0.3 is 4.98 Å². The lowest BCUT2D eigenvalue weighted by molar-refractivity contribution is 0.348. The van der Waals surface area contributed by atoms with Crippen LogP contribution in [0.2, 0.25) is 0 Å². The van der Waals surface area contributed by atoms with Crippen LogP contribution in [-0.2, 0) is 0 Å². The zero-order valence-electron chi connectivity index (χ0n) is 13.4. The number of benzene rings is 1. The Labute approximate surface area is 135 Å². The summed E-state index contributed by atoms with van der Waals surface area (Å²) < 4.78 is 1.95. The number of nitrogens with one attached hydrogen (secondary N) is 1. The average molecular weight is 307 g/mol. The molecule has 23 heavy (non-hydrogen) atoms. The Hall–Kier alpha value is -2.36. The van der Waals surface area contributed by atoms with E-state index in [1.54, 1.807) is 0 Å². The summed E-state index contributed by atoms with van der Waals surface area (Å²) in [6.45, 7) is 1.97. The van der Waals surface area contributed by atoms with Crippen LogP contribution in [0.15, 0.2) is 41.2 Å². The van der Waals surface area contributed by atoms with Crippen molar-refractivity contribution in [1.82, 2.24) is 14.5 Å². The Kier molecular flexibility index (Phi) is 3.52. The van der Waals surface area contributed by atoms with Crippen LogP contribution in [-0.4, -0.2) is 14.5 Å². The van der Waals surface area contributed by atoms with Crippen LogP contribution in [0.1, 0.15) is 43.8 Å². The maximum Gasteiger partial charge on any atom is 0.263 e. The van der Waals surface area contributed by atoms with Gasteiger partial charge in [-0.15, -0.1) is 0 Å². The Morgan fingerprint density at radius 1 is 1.13 bits per heavy atom. The number of nitrogens with zero attached hydrogens (tertiary/aromatic N) is 2. The van der Waals surface area contributed by atoms with Crippen LogP contribution in [0.5, 0.6) is 0 Å². The van der Waals surface area contributed by atoms with Crippen LogP contribution >= 0.6 is 0 Å². The molecule has 1 fully saturated rings. The SMILES string of the molecule is Cc1cc2c(=O)n(C3CCCCC3)c(-c3ccccc3)nc2[nH]1. The fraction of sp³-hybridized carbons (Fsp3) is 0.368. The summed E-state index contributed by atoms with van der Waals surface area (Å²) in [6.07, 6.45) is 5.78. The molecule has 0 radical (unpaired) electrons. The molecule has 0 amide bonds. The maximum absolute atomic E-state index is 13.1. The highest BCUT2D eigenvalue weighted by molar-refractivity contribution is 5.78. The van der Waals surface area contributed by atoms with Crippen molar-refractivity contribution in [2.24, 2.45) is 0 Å². The van der Waals surface area contributed by atoms with Crippen molar-refractivity contribution in [2.45, 2.75) is 45.1 Å². The molecular weight excluding hydrogens is 286 g/mol. The van der Waals surface area contributed by atoms with Crippen LogP contribution < -0.4 is 5.56 Å². The summed E-state index contributed by atoms with van der Waals surface area (Å²) in [6, 6.07) is 12.2. The van der Waals surface area contributed by atoms with E-state index in [2.05, 4.69) is 4.98 Å². The Morgan fingerprint density at radius 2 is 1.87 bits per heavy atom. The maximum atomic E-state index is 13.1. The first-order valence-electron chi connectivity index (χ1n) is 8.41. The van der Waals surface area contributed by atoms with Crippen LogP contribution in [0.25, 0.3) is 22.4 Å². The molecule has 4 nitrogen and oxygen atoms in total. The van der Waals surface area contributed by atoms with E-state index in [9.17, 15) is 4.79 Å². The second-order valence-electron chi connectivity index (χ2n) is 6.48. The number of rotatable bonds is 2. The van der Waals surface area contributed by atoms with Gasteiger partial charge in [0.25, 0.3) is 5.56 Å². The van der Waals surface area contributed by atoms with E-state index in [4.69, 9.17) is 4.98 Å². The molecule has 0 bridgehead atoms. The number of H-pyrrole nitrogens is 1. The molecule has 0 saturated heterocycles. The van der Waals surface area contributed by atoms with Gasteiger partial charge in [0, 0.05) is 17.3 Å². The van der Waals surface area contributed by atoms with Crippen LogP contribution in [0.4, 0.5) is 0 Å². The molecule has 2 heterocycles. The normalized spacial score (nSPS) is 16.0. The Balaban J connectivity index is 2.00. The lowest BCUT2D eigenvalue weighted by Gasteiger charge is -2.26. The molecule has 0 spiro atoms. The van der Waals surface area contributed by atoms with Gasteiger partial charge in [-0.1, -0.05) is 49.6 Å². The van der Waals surface area contributed by atoms with Gasteiger partial charge in [0.1, 0.15) is 11.5 Å². The Bertz CT molecular complexity index is 886. The lowest BCUT2D eigenvalue weighted by atomic mass is 9.95. The minimum Gasteiger partial charge on any atom is -0.343 e. The zero-order valence-corrected chi connectivity index (χ0v) is 13.4. The molecule has 1 aliphatic rings. The molecule has 1 aromatic carbocycles. The van der Waals surface area contributed by atoms with Gasteiger partial charge >= 0.3 is 0 Å². The molecule has 118 valence electrons. The fourth-order valence-corrected chi connectivity index (χ4v) is 3.68. The fourth-order valence-electron chi connectivity index (χ4n) is 3.68. The number of aromatic nitrogens is 3. The number of aromatic amines is 1. The van der Waals surface area contributed by atoms with Gasteiger partial charge in [-0.25, -0.2) is 4.98 Å². The number of fused-ring (bicyclic) bond motifs is 1. The molecule has 1 N–H and O–H groups in total. The summed E-state index contributed by atoms with van der Waals surface area (Å²) >= 11 is 0. The zero-order chi connectivity index (χ0) is 15.8. The topological polar surface area (TPSA) is 50.7 Å². The van der Waals surface area contributed by atoms with E-state index in [-0.39, 0.29) is 11.6 Å². The summed E-state index contributed by atoms with van der Waals surface area (Å²) in [7, 11) is 0. The monoisotopic (exact) mass is 307 g/mol. The van der Waals surface area contributed by atoms with E-state index in [1.807, 2.05) is 47.9 Å². The van der Waals surface area contributed by atoms with Crippen molar-refractivity contribution >= 4 is 11.0 Å². The minimum atomic E-state index is 0.0881. The molecule has 2 aromatic heterocycles. The highest BCUT2D eigenvalue weighted by Gasteiger charge is 2.22. The van der Waals surface area contributed by atoms with Crippen molar-refractivity contribution in [1.29, 1.82) is 0 Å². The van der Waals surface area contributed by atoms with Gasteiger partial charge in [0.05, 0.1) is 5.39 Å². The van der Waals surface area contributed by atoms with Crippen LogP contribution in [0, 0.1) is 6.92 Å². The van der Waals surface area contributed by atoms with E-state index in [0.29, 0.717) is 11.0 Å². The van der Waals surface area contributed by atoms with Gasteiger partial charge in [-0.05, 0) is 25.8 Å². The average Bonchev–Trinajstić information content (AvgIpc) is 2.97. The third-order valence-corrected chi connectivity index (χ3v) is 4.80. The van der Waals surface area contributed by atoms with E-state index < -0.39 is 0 Å². The largest absolute Gasteiger partial charge is 0.343 e. The number of aryl methyl sites for hydroxylation is 1. The highest BCUT2D eigenvalue weighted by Crippen LogP contribution is 2.31. The third-order valence-electron chi connectivity index (χ3n) is 4.80. The summed E-state index contributed by atoms with van der Waals surface area (Å²) in [5, 5.41) is 0.702. The van der Waals surface area contributed by atoms with Gasteiger partial charge in [0.2, 0.25) is 0 Å². The van der Waals surface area contributed by atoms with Crippen molar-refractivity contribution < 1.29 is 0 Å². The molecule has 1 aliphatic carbocycles. The van der Waals surface area contributed by atoms with E-state index in [1.165, 1.54) is 19.3 Å². The summed E-state index contributed by atoms with van der Waals surface area (Å²) in [5.74, 6) is 0.789. The van der Waals surface area contributed by atoms with Crippen LogP contribution in [0.3, 0.4) is 0 Å². The van der Waals surface area contributed by atoms with Gasteiger partial charge in [-0.2, -0.15) is 0 Å². The third kappa shape index (κ3) is 2.48. The standard InChI is InChI=1S/C19H21N3O/c1-13-12-16-17(20-13)21-18(14-8-4-2-5-9-14)22(19(16)23)15-10-6-3-7-11-15/h2,4-5,8-9,12,15,20H,3,6-7,10-11H2,1H3. The molecule has 0 aliphatic heterocycles. The molecular formula is C19H21N3O. The van der Waals surface area contributed by atoms with E-state index >= 15 is 0 Å². The first kappa shape index (κ1) is 14.2. The molecule has 4 rings (SSSR count). The van der Waals surface area contributed by atoms with Gasteiger partial charge in [-0.3, -0.25) is 9.36 Å². The van der Waals surface area contributed by atoms with Crippen molar-refractivity contribution in [3.8, 4) is 11.4 Å². The van der Waals surface area contributed by atoms with Crippen molar-refractivity contribution in [3.05, 3.63) is 52.4 Å². The molecule has 4 heteroatoms. The smallest absolute Gasteiger partial charge is 0.263 e. The Morgan fingerprint density at radius 3 is 2.61 bits per heavy atom. The summed E-state index contributed by atoms with van der Waals surface area (Å²) in [4.78, 5) is 21.2. The van der Waals surface area contributed by atoms with Crippen molar-refractivity contribution in [2.75, 3.05) is 0 Å². The van der Waals surface area contributed by atoms with Crippen molar-refractivity contribution in [3.63, 3.8) is 0 Å². The highest BCUT2D eigenvalue weighted by atomic mass is 16.1. The van der Waals surface area contributed by atoms with Gasteiger partial charge in [0.15, 0.2) is 0 Å². The first-order valence-corrected chi connectivity index (χ1v) is 8.41. The molecule has 1 saturated carbocycles. The molecule has 0 atom stereocenters. The lowest BCUT2D eigenvalue weighted by Crippen LogP contribution is -2.28. The second kappa shape index (κ2) is 5.69. The van der Waals surface area contributed by atoms with E-state index in [0.717, 1.165) is 29.9 Å². The first-order chi connectivity index (χ1) is 11.2. The minimum absolute atomic E-state index is 0.0881. The predicted molar refractivity (Wildman–Crippen MR) is 92.6 cm³/mol. The summed E-state index contributed by atoms with van der Waals surface area (Å²) in [5.41, 5.74) is 2.76.